The van der Waals surface area contributed by atoms with Crippen LogP contribution >= 0.6 is 0 Å². The van der Waals surface area contributed by atoms with Gasteiger partial charge in [0.05, 0.1) is 12.8 Å². The van der Waals surface area contributed by atoms with E-state index in [1.807, 2.05) is 25.1 Å². The van der Waals surface area contributed by atoms with Gasteiger partial charge in [0.2, 0.25) is 5.91 Å². The Balaban J connectivity index is 0. The minimum Gasteiger partial charge on any atom is -1.00 e. The standard InChI is InChI=1S/C10H13NO2.Na.H/c1-7-4-5-10(13-3)9(6-7)11-8(2)12;;/h4-6H,1-3H3,(H,11,12);;/q;+1;-1. The van der Waals surface area contributed by atoms with Gasteiger partial charge >= 0.3 is 29.6 Å². The van der Waals surface area contributed by atoms with Gasteiger partial charge in [-0.15, -0.1) is 0 Å². The van der Waals surface area contributed by atoms with Crippen molar-refractivity contribution in [2.24, 2.45) is 0 Å². The predicted molar refractivity (Wildman–Crippen MR) is 53.1 cm³/mol. The molecule has 0 fully saturated rings. The second-order valence-electron chi connectivity index (χ2n) is 2.88. The molecule has 1 amide bonds. The predicted octanol–water partition coefficient (Wildman–Crippen LogP) is -0.921. The van der Waals surface area contributed by atoms with Crippen molar-refractivity contribution >= 4 is 11.6 Å². The zero-order valence-corrected chi connectivity index (χ0v) is 11.0. The molecule has 0 saturated heterocycles. The third-order valence-electron chi connectivity index (χ3n) is 1.67. The van der Waals surface area contributed by atoms with Crippen molar-refractivity contribution in [3.05, 3.63) is 23.8 Å². The molecule has 72 valence electrons. The van der Waals surface area contributed by atoms with Gasteiger partial charge in [0, 0.05) is 6.92 Å². The normalized spacial score (nSPS) is 8.79. The van der Waals surface area contributed by atoms with Crippen LogP contribution in [0.2, 0.25) is 0 Å². The third-order valence-corrected chi connectivity index (χ3v) is 1.67. The van der Waals surface area contributed by atoms with Crippen molar-refractivity contribution in [2.45, 2.75) is 13.8 Å². The van der Waals surface area contributed by atoms with Gasteiger partial charge in [0.15, 0.2) is 0 Å². The Morgan fingerprint density at radius 3 is 2.64 bits per heavy atom. The first kappa shape index (κ1) is 13.5. The summed E-state index contributed by atoms with van der Waals surface area (Å²) in [6, 6.07) is 5.64. The summed E-state index contributed by atoms with van der Waals surface area (Å²) in [5.74, 6) is 0.588. The Labute approximate surface area is 108 Å². The monoisotopic (exact) mass is 203 g/mol. The first-order valence-electron chi connectivity index (χ1n) is 4.05. The van der Waals surface area contributed by atoms with Gasteiger partial charge in [0.25, 0.3) is 0 Å². The molecule has 0 aromatic heterocycles. The van der Waals surface area contributed by atoms with Crippen molar-refractivity contribution in [1.29, 1.82) is 0 Å². The van der Waals surface area contributed by atoms with Crippen LogP contribution in [0.1, 0.15) is 13.9 Å². The van der Waals surface area contributed by atoms with E-state index < -0.39 is 0 Å². The molecule has 0 bridgehead atoms. The van der Waals surface area contributed by atoms with Crippen LogP contribution in [0.4, 0.5) is 5.69 Å². The second kappa shape index (κ2) is 6.06. The van der Waals surface area contributed by atoms with Crippen LogP contribution in [-0.4, -0.2) is 13.0 Å². The summed E-state index contributed by atoms with van der Waals surface area (Å²) in [6.45, 7) is 3.44. The Morgan fingerprint density at radius 1 is 1.50 bits per heavy atom. The van der Waals surface area contributed by atoms with E-state index in [2.05, 4.69) is 5.32 Å². The number of ether oxygens (including phenoxy) is 1. The number of benzene rings is 1. The molecule has 1 rings (SSSR count). The van der Waals surface area contributed by atoms with E-state index in [0.717, 1.165) is 11.3 Å². The molecule has 3 nitrogen and oxygen atoms in total. The van der Waals surface area contributed by atoms with Crippen LogP contribution in [0.5, 0.6) is 5.75 Å². The quantitative estimate of drug-likeness (QED) is 0.631. The summed E-state index contributed by atoms with van der Waals surface area (Å²) >= 11 is 0. The summed E-state index contributed by atoms with van der Waals surface area (Å²) in [5.41, 5.74) is 1.81. The molecular formula is C10H14NNaO2. The molecule has 0 unspecified atom stereocenters. The van der Waals surface area contributed by atoms with Gasteiger partial charge in [-0.05, 0) is 24.6 Å². The summed E-state index contributed by atoms with van der Waals surface area (Å²) < 4.78 is 5.09. The molecule has 1 aromatic rings. The maximum atomic E-state index is 10.8. The maximum absolute atomic E-state index is 10.8. The fraction of sp³-hybridized carbons (Fsp3) is 0.300. The van der Waals surface area contributed by atoms with Crippen LogP contribution in [0.15, 0.2) is 18.2 Å². The number of amides is 1. The van der Waals surface area contributed by atoms with E-state index >= 15 is 0 Å². The first-order valence-corrected chi connectivity index (χ1v) is 4.05. The molecular weight excluding hydrogens is 189 g/mol. The van der Waals surface area contributed by atoms with E-state index in [0.29, 0.717) is 5.75 Å². The number of rotatable bonds is 2. The summed E-state index contributed by atoms with van der Waals surface area (Å²) in [5, 5.41) is 2.70. The number of anilines is 1. The van der Waals surface area contributed by atoms with Crippen LogP contribution in [-0.2, 0) is 4.79 Å². The second-order valence-corrected chi connectivity index (χ2v) is 2.88. The minimum atomic E-state index is -0.0936. The van der Waals surface area contributed by atoms with Gasteiger partial charge in [-0.2, -0.15) is 0 Å². The van der Waals surface area contributed by atoms with E-state index in [-0.39, 0.29) is 36.9 Å². The van der Waals surface area contributed by atoms with E-state index in [4.69, 9.17) is 4.74 Å². The van der Waals surface area contributed by atoms with Gasteiger partial charge < -0.3 is 11.5 Å². The number of aryl methyl sites for hydroxylation is 1. The van der Waals surface area contributed by atoms with Gasteiger partial charge in [-0.3, -0.25) is 4.79 Å². The molecule has 1 N–H and O–H groups in total. The minimum absolute atomic E-state index is 0. The maximum Gasteiger partial charge on any atom is 1.00 e. The SMILES string of the molecule is COc1ccc(C)cc1NC(C)=O.[H-].[Na+]. The average Bonchev–Trinajstić information content (AvgIpc) is 2.03. The van der Waals surface area contributed by atoms with Gasteiger partial charge in [0.1, 0.15) is 5.75 Å². The number of carbonyl (C=O) groups excluding carboxylic acids is 1. The molecule has 0 atom stereocenters. The van der Waals surface area contributed by atoms with E-state index in [1.54, 1.807) is 7.11 Å². The Kier molecular flexibility index (Phi) is 5.84. The molecule has 0 aliphatic carbocycles. The van der Waals surface area contributed by atoms with Crippen molar-refractivity contribution in [2.75, 3.05) is 12.4 Å². The first-order chi connectivity index (χ1) is 6.13. The molecule has 0 spiro atoms. The molecule has 0 aliphatic rings. The summed E-state index contributed by atoms with van der Waals surface area (Å²) in [7, 11) is 1.58. The van der Waals surface area contributed by atoms with Crippen molar-refractivity contribution in [3.8, 4) is 5.75 Å². The molecule has 14 heavy (non-hydrogen) atoms. The van der Waals surface area contributed by atoms with Crippen LogP contribution in [0, 0.1) is 6.92 Å². The van der Waals surface area contributed by atoms with E-state index in [1.165, 1.54) is 6.92 Å². The molecule has 0 saturated carbocycles. The molecule has 0 radical (unpaired) electrons. The van der Waals surface area contributed by atoms with Gasteiger partial charge in [-0.25, -0.2) is 0 Å². The number of nitrogens with one attached hydrogen (secondary N) is 1. The average molecular weight is 203 g/mol. The Hall–Kier alpha value is -0.510. The summed E-state index contributed by atoms with van der Waals surface area (Å²) in [4.78, 5) is 10.8. The van der Waals surface area contributed by atoms with Crippen molar-refractivity contribution in [1.82, 2.24) is 0 Å². The fourth-order valence-corrected chi connectivity index (χ4v) is 1.11. The molecule has 4 heteroatoms. The number of hydrogen-bond acceptors (Lipinski definition) is 2. The van der Waals surface area contributed by atoms with Crippen molar-refractivity contribution < 1.29 is 40.5 Å². The molecule has 0 aliphatic heterocycles. The van der Waals surface area contributed by atoms with Gasteiger partial charge in [-0.1, -0.05) is 6.07 Å². The fourth-order valence-electron chi connectivity index (χ4n) is 1.11. The summed E-state index contributed by atoms with van der Waals surface area (Å²) in [6.07, 6.45) is 0. The largest absolute Gasteiger partial charge is 1.00 e. The van der Waals surface area contributed by atoms with Crippen LogP contribution < -0.4 is 39.6 Å². The zero-order chi connectivity index (χ0) is 9.84. The van der Waals surface area contributed by atoms with Crippen molar-refractivity contribution in [3.63, 3.8) is 0 Å². The number of methoxy groups -OCH3 is 1. The van der Waals surface area contributed by atoms with E-state index in [9.17, 15) is 4.79 Å². The zero-order valence-electron chi connectivity index (χ0n) is 10.0. The Bertz CT molecular complexity index is 331. The topological polar surface area (TPSA) is 38.3 Å². The Morgan fingerprint density at radius 2 is 2.14 bits per heavy atom. The number of hydrogen-bond donors (Lipinski definition) is 1. The third kappa shape index (κ3) is 3.70. The number of carbonyl (C=O) groups is 1. The molecule has 1 aromatic carbocycles. The van der Waals surface area contributed by atoms with Crippen LogP contribution in [0.25, 0.3) is 0 Å². The molecule has 0 heterocycles. The van der Waals surface area contributed by atoms with Crippen LogP contribution in [0.3, 0.4) is 0 Å². The smallest absolute Gasteiger partial charge is 1.00 e.